The van der Waals surface area contributed by atoms with Crippen LogP contribution in [0.4, 0.5) is 0 Å². The number of nitrogens with zero attached hydrogens (tertiary/aromatic N) is 4. The van der Waals surface area contributed by atoms with Crippen LogP contribution in [0, 0.1) is 0 Å². The molecule has 140 valence electrons. The van der Waals surface area contributed by atoms with Gasteiger partial charge >= 0.3 is 0 Å². The smallest absolute Gasteiger partial charge is 0.252 e. The lowest BCUT2D eigenvalue weighted by atomic mass is 10.1. The highest BCUT2D eigenvalue weighted by molar-refractivity contribution is 7.99. The van der Waals surface area contributed by atoms with E-state index in [9.17, 15) is 20.1 Å². The van der Waals surface area contributed by atoms with Crippen LogP contribution in [-0.4, -0.2) is 48.0 Å². The Morgan fingerprint density at radius 1 is 1.19 bits per heavy atom. The van der Waals surface area contributed by atoms with E-state index in [1.54, 1.807) is 12.1 Å². The lowest BCUT2D eigenvalue weighted by Crippen LogP contribution is -2.24. The second-order valence-corrected chi connectivity index (χ2v) is 6.51. The highest BCUT2D eigenvalue weighted by atomic mass is 32.2. The summed E-state index contributed by atoms with van der Waals surface area (Å²) >= 11 is 0.899. The van der Waals surface area contributed by atoms with Gasteiger partial charge in [0.1, 0.15) is 0 Å². The number of rotatable bonds is 6. The molecule has 3 aromatic rings. The molecule has 1 heterocycles. The summed E-state index contributed by atoms with van der Waals surface area (Å²) in [5, 5.41) is 44.4. The minimum atomic E-state index is -0.719. The molecule has 0 aliphatic heterocycles. The first-order valence-electron chi connectivity index (χ1n) is 8.10. The van der Waals surface area contributed by atoms with Gasteiger partial charge < -0.3 is 20.6 Å². The Labute approximate surface area is 158 Å². The molecule has 3 rings (SSSR count). The Morgan fingerprint density at radius 2 is 1.93 bits per heavy atom. The molecule has 0 saturated heterocycles. The Hall–Kier alpha value is -3.27. The predicted molar refractivity (Wildman–Crippen MR) is 97.3 cm³/mol. The molecular formula is C17H17N5O4S. The number of nitrogens with one attached hydrogen (secondary N) is 1. The zero-order chi connectivity index (χ0) is 19.4. The molecule has 1 aromatic heterocycles. The number of tetrazole rings is 1. The van der Waals surface area contributed by atoms with Gasteiger partial charge in [0.05, 0.1) is 16.1 Å². The molecule has 27 heavy (non-hydrogen) atoms. The van der Waals surface area contributed by atoms with Gasteiger partial charge in [0.15, 0.2) is 11.5 Å². The average molecular weight is 387 g/mol. The lowest BCUT2D eigenvalue weighted by Gasteiger charge is -2.13. The number of aromatic nitrogens is 4. The third kappa shape index (κ3) is 3.80. The topological polar surface area (TPSA) is 133 Å². The van der Waals surface area contributed by atoms with Crippen LogP contribution in [0.15, 0.2) is 46.5 Å². The molecule has 0 aliphatic rings. The quantitative estimate of drug-likeness (QED) is 0.472. The number of phenols is 3. The molecule has 10 heteroatoms. The number of aromatic hydroxyl groups is 3. The van der Waals surface area contributed by atoms with E-state index in [2.05, 4.69) is 20.8 Å². The highest BCUT2D eigenvalue weighted by Crippen LogP contribution is 2.46. The fourth-order valence-corrected chi connectivity index (χ4v) is 3.24. The Morgan fingerprint density at radius 3 is 2.63 bits per heavy atom. The van der Waals surface area contributed by atoms with Gasteiger partial charge in [0.25, 0.3) is 5.91 Å². The summed E-state index contributed by atoms with van der Waals surface area (Å²) in [6.07, 6.45) is 0.719. The van der Waals surface area contributed by atoms with Gasteiger partial charge in [-0.25, -0.2) is 0 Å². The van der Waals surface area contributed by atoms with Gasteiger partial charge in [0.2, 0.25) is 10.9 Å². The maximum Gasteiger partial charge on any atom is 0.252 e. The number of amides is 1. The molecule has 2 aromatic carbocycles. The molecule has 0 radical (unpaired) electrons. The van der Waals surface area contributed by atoms with Gasteiger partial charge in [-0.3, -0.25) is 4.79 Å². The van der Waals surface area contributed by atoms with Crippen LogP contribution in [-0.2, 0) is 0 Å². The molecule has 0 spiro atoms. The summed E-state index contributed by atoms with van der Waals surface area (Å²) in [6.45, 7) is 2.32. The second-order valence-electron chi connectivity index (χ2n) is 5.54. The van der Waals surface area contributed by atoms with Crippen molar-refractivity contribution >= 4 is 17.7 Å². The second kappa shape index (κ2) is 7.96. The number of para-hydroxylation sites is 1. The fraction of sp³-hybridized carbons (Fsp3) is 0.176. The molecule has 0 saturated carbocycles. The van der Waals surface area contributed by atoms with Gasteiger partial charge in [-0.1, -0.05) is 25.1 Å². The van der Waals surface area contributed by atoms with Crippen LogP contribution in [0.3, 0.4) is 0 Å². The van der Waals surface area contributed by atoms with Crippen molar-refractivity contribution in [3.8, 4) is 22.9 Å². The largest absolute Gasteiger partial charge is 0.504 e. The molecular weight excluding hydrogens is 370 g/mol. The van der Waals surface area contributed by atoms with Crippen molar-refractivity contribution in [1.29, 1.82) is 0 Å². The maximum absolute atomic E-state index is 12.4. The van der Waals surface area contributed by atoms with Crippen LogP contribution >= 0.6 is 11.8 Å². The Balaban J connectivity index is 2.04. The van der Waals surface area contributed by atoms with E-state index in [0.717, 1.165) is 24.2 Å². The highest BCUT2D eigenvalue weighted by Gasteiger charge is 2.24. The van der Waals surface area contributed by atoms with Crippen LogP contribution in [0.5, 0.6) is 17.2 Å². The minimum Gasteiger partial charge on any atom is -0.504 e. The monoisotopic (exact) mass is 387 g/mol. The van der Waals surface area contributed by atoms with Gasteiger partial charge in [-0.15, -0.1) is 5.10 Å². The number of carbonyl (C=O) groups is 1. The van der Waals surface area contributed by atoms with E-state index in [4.69, 9.17) is 0 Å². The summed E-state index contributed by atoms with van der Waals surface area (Å²) < 4.78 is 1.43. The van der Waals surface area contributed by atoms with E-state index in [1.165, 1.54) is 4.68 Å². The van der Waals surface area contributed by atoms with Crippen molar-refractivity contribution in [2.24, 2.45) is 0 Å². The summed E-state index contributed by atoms with van der Waals surface area (Å²) in [5.41, 5.74) is 0.688. The minimum absolute atomic E-state index is 0.00358. The number of phenolic OH excluding ortho intramolecular Hbond substituents is 3. The first-order valence-corrected chi connectivity index (χ1v) is 8.92. The molecule has 0 bridgehead atoms. The van der Waals surface area contributed by atoms with Crippen molar-refractivity contribution in [3.05, 3.63) is 42.0 Å². The van der Waals surface area contributed by atoms with Crippen LogP contribution < -0.4 is 5.32 Å². The van der Waals surface area contributed by atoms with Gasteiger partial charge in [-0.2, -0.15) is 4.68 Å². The SMILES string of the molecule is CCCNC(=O)c1cc(O)c(O)c(O)c1Sc1nnnn1-c1ccccc1. The number of hydrogen-bond acceptors (Lipinski definition) is 8. The first kappa shape index (κ1) is 18.5. The third-order valence-electron chi connectivity index (χ3n) is 3.62. The first-order chi connectivity index (χ1) is 13.0. The zero-order valence-corrected chi connectivity index (χ0v) is 15.1. The van der Waals surface area contributed by atoms with Crippen molar-refractivity contribution in [1.82, 2.24) is 25.5 Å². The summed E-state index contributed by atoms with van der Waals surface area (Å²) in [7, 11) is 0. The number of benzene rings is 2. The van der Waals surface area contributed by atoms with Crippen LogP contribution in [0.2, 0.25) is 0 Å². The molecule has 0 aliphatic carbocycles. The van der Waals surface area contributed by atoms with E-state index < -0.39 is 23.2 Å². The summed E-state index contributed by atoms with van der Waals surface area (Å²) in [6, 6.07) is 10.2. The molecule has 0 fully saturated rings. The zero-order valence-electron chi connectivity index (χ0n) is 14.3. The van der Waals surface area contributed by atoms with Crippen LogP contribution in [0.25, 0.3) is 5.69 Å². The van der Waals surface area contributed by atoms with Gasteiger partial charge in [-0.05, 0) is 46.8 Å². The van der Waals surface area contributed by atoms with Gasteiger partial charge in [0, 0.05) is 6.54 Å². The summed E-state index contributed by atoms with van der Waals surface area (Å²) in [4.78, 5) is 12.5. The van der Waals surface area contributed by atoms with Crippen molar-refractivity contribution in [3.63, 3.8) is 0 Å². The standard InChI is InChI=1S/C17H17N5O4S/c1-2-8-18-16(26)11-9-12(23)13(24)14(25)15(11)27-17-19-20-21-22(17)10-6-4-3-5-7-10/h3-7,9,23-25H,2,8H2,1H3,(H,18,26). The van der Waals surface area contributed by atoms with E-state index in [0.29, 0.717) is 12.2 Å². The van der Waals surface area contributed by atoms with E-state index in [1.807, 2.05) is 25.1 Å². The van der Waals surface area contributed by atoms with Crippen molar-refractivity contribution in [2.45, 2.75) is 23.4 Å². The number of carbonyl (C=O) groups excluding carboxylic acids is 1. The molecule has 1 amide bonds. The van der Waals surface area contributed by atoms with Crippen molar-refractivity contribution < 1.29 is 20.1 Å². The Bertz CT molecular complexity index is 961. The molecule has 0 atom stereocenters. The Kier molecular flexibility index (Phi) is 5.46. The van der Waals surface area contributed by atoms with Crippen LogP contribution in [0.1, 0.15) is 23.7 Å². The fourth-order valence-electron chi connectivity index (χ4n) is 2.30. The van der Waals surface area contributed by atoms with E-state index in [-0.39, 0.29) is 15.6 Å². The normalized spacial score (nSPS) is 10.7. The average Bonchev–Trinajstić information content (AvgIpc) is 3.15. The maximum atomic E-state index is 12.4. The predicted octanol–water partition coefficient (Wildman–Crippen LogP) is 2.07. The third-order valence-corrected chi connectivity index (χ3v) is 4.68. The summed E-state index contributed by atoms with van der Waals surface area (Å²) in [5.74, 6) is -2.43. The lowest BCUT2D eigenvalue weighted by molar-refractivity contribution is 0.0949. The van der Waals surface area contributed by atoms with Crippen molar-refractivity contribution in [2.75, 3.05) is 6.54 Å². The number of hydrogen-bond donors (Lipinski definition) is 4. The van der Waals surface area contributed by atoms with E-state index >= 15 is 0 Å². The molecule has 4 N–H and O–H groups in total. The molecule has 9 nitrogen and oxygen atoms in total. The molecule has 0 unspecified atom stereocenters.